The van der Waals surface area contributed by atoms with Crippen LogP contribution in [0.1, 0.15) is 19.0 Å². The van der Waals surface area contributed by atoms with Gasteiger partial charge in [0.1, 0.15) is 0 Å². The molecule has 0 unspecified atom stereocenters. The van der Waals surface area contributed by atoms with Gasteiger partial charge in [0, 0.05) is 26.0 Å². The summed E-state index contributed by atoms with van der Waals surface area (Å²) in [4.78, 5) is 4.48. The molecule has 0 bridgehead atoms. The third-order valence-electron chi connectivity index (χ3n) is 2.99. The standard InChI is InChI=1S/C15H19Cl2N3O/c1-3-21-9-5-8-20-10-11(2)18-15(20)19-13-7-4-6-12(16)14(13)17/h4,6-7,10H,3,5,8-9H2,1-2H3,(H,18,19). The van der Waals surface area contributed by atoms with Crippen LogP contribution in [0.15, 0.2) is 24.4 Å². The lowest BCUT2D eigenvalue weighted by molar-refractivity contribution is 0.142. The van der Waals surface area contributed by atoms with Gasteiger partial charge < -0.3 is 14.6 Å². The normalized spacial score (nSPS) is 10.9. The number of halogens is 2. The van der Waals surface area contributed by atoms with Gasteiger partial charge in [0.15, 0.2) is 0 Å². The Bertz CT molecular complexity index is 599. The Labute approximate surface area is 135 Å². The van der Waals surface area contributed by atoms with Crippen molar-refractivity contribution in [3.8, 4) is 0 Å². The summed E-state index contributed by atoms with van der Waals surface area (Å²) in [6.07, 6.45) is 2.94. The van der Waals surface area contributed by atoms with Crippen molar-refractivity contribution in [2.45, 2.75) is 26.8 Å². The lowest BCUT2D eigenvalue weighted by atomic mass is 10.3. The van der Waals surface area contributed by atoms with Crippen LogP contribution >= 0.6 is 23.2 Å². The molecule has 0 saturated carbocycles. The predicted molar refractivity (Wildman–Crippen MR) is 87.8 cm³/mol. The van der Waals surface area contributed by atoms with Crippen molar-refractivity contribution in [3.63, 3.8) is 0 Å². The van der Waals surface area contributed by atoms with E-state index in [0.717, 1.165) is 43.5 Å². The molecule has 1 aromatic carbocycles. The smallest absolute Gasteiger partial charge is 0.207 e. The van der Waals surface area contributed by atoms with Crippen molar-refractivity contribution >= 4 is 34.8 Å². The van der Waals surface area contributed by atoms with Crippen LogP contribution in [0.2, 0.25) is 10.0 Å². The van der Waals surface area contributed by atoms with E-state index in [-0.39, 0.29) is 0 Å². The number of nitrogens with zero attached hydrogens (tertiary/aromatic N) is 2. The molecule has 0 aliphatic carbocycles. The third kappa shape index (κ3) is 4.37. The molecule has 0 spiro atoms. The second-order valence-corrected chi connectivity index (χ2v) is 5.46. The fourth-order valence-corrected chi connectivity index (χ4v) is 2.37. The number of ether oxygens (including phenoxy) is 1. The maximum atomic E-state index is 6.20. The van der Waals surface area contributed by atoms with Crippen LogP contribution in [0.4, 0.5) is 11.6 Å². The molecule has 0 atom stereocenters. The fourth-order valence-electron chi connectivity index (χ4n) is 2.02. The molecule has 6 heteroatoms. The van der Waals surface area contributed by atoms with Crippen LogP contribution in [0.25, 0.3) is 0 Å². The Kier molecular flexibility index (Phi) is 5.91. The summed E-state index contributed by atoms with van der Waals surface area (Å²) in [7, 11) is 0. The van der Waals surface area contributed by atoms with Gasteiger partial charge in [-0.3, -0.25) is 0 Å². The zero-order valence-corrected chi connectivity index (χ0v) is 13.7. The Morgan fingerprint density at radius 3 is 2.90 bits per heavy atom. The Balaban J connectivity index is 2.10. The number of nitrogens with one attached hydrogen (secondary N) is 1. The summed E-state index contributed by atoms with van der Waals surface area (Å²) in [6, 6.07) is 5.49. The molecule has 1 aromatic heterocycles. The molecule has 4 nitrogen and oxygen atoms in total. The highest BCUT2D eigenvalue weighted by Gasteiger charge is 2.09. The molecule has 0 amide bonds. The summed E-state index contributed by atoms with van der Waals surface area (Å²) in [5, 5.41) is 4.26. The van der Waals surface area contributed by atoms with Crippen LogP contribution in [0, 0.1) is 6.92 Å². The summed E-state index contributed by atoms with van der Waals surface area (Å²) in [5.41, 5.74) is 1.70. The second-order valence-electron chi connectivity index (χ2n) is 4.68. The first-order chi connectivity index (χ1) is 10.1. The monoisotopic (exact) mass is 327 g/mol. The summed E-state index contributed by atoms with van der Waals surface area (Å²) in [5.74, 6) is 0.758. The van der Waals surface area contributed by atoms with Gasteiger partial charge in [-0.25, -0.2) is 4.98 Å². The molecule has 1 N–H and O–H groups in total. The van der Waals surface area contributed by atoms with Gasteiger partial charge in [-0.1, -0.05) is 29.3 Å². The average Bonchev–Trinajstić information content (AvgIpc) is 2.80. The summed E-state index contributed by atoms with van der Waals surface area (Å²) >= 11 is 12.2. The van der Waals surface area contributed by atoms with Gasteiger partial charge >= 0.3 is 0 Å². The lowest BCUT2D eigenvalue weighted by Crippen LogP contribution is -2.06. The van der Waals surface area contributed by atoms with Crippen LogP contribution in [0.5, 0.6) is 0 Å². The Morgan fingerprint density at radius 1 is 1.33 bits per heavy atom. The zero-order chi connectivity index (χ0) is 15.2. The molecular weight excluding hydrogens is 309 g/mol. The number of imidazole rings is 1. The van der Waals surface area contributed by atoms with E-state index in [2.05, 4.69) is 14.9 Å². The summed E-state index contributed by atoms with van der Waals surface area (Å²) in [6.45, 7) is 6.28. The van der Waals surface area contributed by atoms with Gasteiger partial charge in [0.25, 0.3) is 0 Å². The largest absolute Gasteiger partial charge is 0.382 e. The van der Waals surface area contributed by atoms with Crippen molar-refractivity contribution in [1.82, 2.24) is 9.55 Å². The van der Waals surface area contributed by atoms with Gasteiger partial charge in [-0.15, -0.1) is 0 Å². The van der Waals surface area contributed by atoms with Gasteiger partial charge in [-0.2, -0.15) is 0 Å². The van der Waals surface area contributed by atoms with E-state index in [9.17, 15) is 0 Å². The molecule has 0 saturated heterocycles. The molecule has 0 aliphatic heterocycles. The quantitative estimate of drug-likeness (QED) is 0.751. The molecule has 0 radical (unpaired) electrons. The fraction of sp³-hybridized carbons (Fsp3) is 0.400. The topological polar surface area (TPSA) is 39.1 Å². The average molecular weight is 328 g/mol. The van der Waals surface area contributed by atoms with Crippen molar-refractivity contribution in [2.75, 3.05) is 18.5 Å². The minimum atomic E-state index is 0.501. The first kappa shape index (κ1) is 16.1. The van der Waals surface area contributed by atoms with Crippen molar-refractivity contribution < 1.29 is 4.74 Å². The molecule has 1 heterocycles. The van der Waals surface area contributed by atoms with E-state index in [0.29, 0.717) is 10.0 Å². The summed E-state index contributed by atoms with van der Waals surface area (Å²) < 4.78 is 7.42. The highest BCUT2D eigenvalue weighted by Crippen LogP contribution is 2.31. The first-order valence-corrected chi connectivity index (χ1v) is 7.70. The van der Waals surface area contributed by atoms with E-state index < -0.39 is 0 Å². The van der Waals surface area contributed by atoms with E-state index in [1.807, 2.05) is 32.2 Å². The zero-order valence-electron chi connectivity index (χ0n) is 12.2. The SMILES string of the molecule is CCOCCCn1cc(C)nc1Nc1cccc(Cl)c1Cl. The number of hydrogen-bond donors (Lipinski definition) is 1. The number of aryl methyl sites for hydroxylation is 2. The van der Waals surface area contributed by atoms with E-state index in [1.54, 1.807) is 6.07 Å². The number of anilines is 2. The molecule has 114 valence electrons. The van der Waals surface area contributed by atoms with Crippen molar-refractivity contribution in [3.05, 3.63) is 40.1 Å². The molecular formula is C15H19Cl2N3O. The van der Waals surface area contributed by atoms with Crippen LogP contribution in [-0.2, 0) is 11.3 Å². The van der Waals surface area contributed by atoms with Gasteiger partial charge in [0.2, 0.25) is 5.95 Å². The molecule has 0 fully saturated rings. The number of hydrogen-bond acceptors (Lipinski definition) is 3. The second kappa shape index (κ2) is 7.69. The van der Waals surface area contributed by atoms with E-state index in [4.69, 9.17) is 27.9 Å². The number of rotatable bonds is 7. The van der Waals surface area contributed by atoms with Gasteiger partial charge in [-0.05, 0) is 32.4 Å². The maximum absolute atomic E-state index is 6.20. The molecule has 2 aromatic rings. The molecule has 2 rings (SSSR count). The Hall–Kier alpha value is -1.23. The van der Waals surface area contributed by atoms with Crippen molar-refractivity contribution in [1.29, 1.82) is 0 Å². The maximum Gasteiger partial charge on any atom is 0.207 e. The minimum absolute atomic E-state index is 0.501. The minimum Gasteiger partial charge on any atom is -0.382 e. The van der Waals surface area contributed by atoms with E-state index >= 15 is 0 Å². The van der Waals surface area contributed by atoms with Crippen LogP contribution < -0.4 is 5.32 Å². The van der Waals surface area contributed by atoms with Crippen molar-refractivity contribution in [2.24, 2.45) is 0 Å². The van der Waals surface area contributed by atoms with Crippen LogP contribution in [-0.4, -0.2) is 22.8 Å². The van der Waals surface area contributed by atoms with E-state index in [1.165, 1.54) is 0 Å². The first-order valence-electron chi connectivity index (χ1n) is 6.94. The lowest BCUT2D eigenvalue weighted by Gasteiger charge is -2.11. The number of benzene rings is 1. The third-order valence-corrected chi connectivity index (χ3v) is 3.81. The molecule has 0 aliphatic rings. The van der Waals surface area contributed by atoms with Gasteiger partial charge in [0.05, 0.1) is 21.4 Å². The molecule has 21 heavy (non-hydrogen) atoms. The number of aromatic nitrogens is 2. The predicted octanol–water partition coefficient (Wildman–Crippen LogP) is 4.67. The van der Waals surface area contributed by atoms with Crippen LogP contribution in [0.3, 0.4) is 0 Å². The highest BCUT2D eigenvalue weighted by atomic mass is 35.5. The highest BCUT2D eigenvalue weighted by molar-refractivity contribution is 6.43. The Morgan fingerprint density at radius 2 is 2.14 bits per heavy atom.